The second-order valence-electron chi connectivity index (χ2n) is 5.54. The molecule has 0 atom stereocenters. The minimum atomic E-state index is -0.331. The number of nitrogens with zero attached hydrogens (tertiary/aromatic N) is 3. The van der Waals surface area contributed by atoms with Crippen LogP contribution in [0.2, 0.25) is 0 Å². The average Bonchev–Trinajstić information content (AvgIpc) is 3.06. The smallest absolute Gasteiger partial charge is 0.277 e. The van der Waals surface area contributed by atoms with Crippen molar-refractivity contribution in [1.82, 2.24) is 15.0 Å². The van der Waals surface area contributed by atoms with E-state index in [0.29, 0.717) is 18.0 Å². The Hall–Kier alpha value is -2.67. The molecule has 0 bridgehead atoms. The summed E-state index contributed by atoms with van der Waals surface area (Å²) in [6.45, 7) is 2.46. The van der Waals surface area contributed by atoms with E-state index in [-0.39, 0.29) is 11.6 Å². The van der Waals surface area contributed by atoms with Gasteiger partial charge >= 0.3 is 0 Å². The van der Waals surface area contributed by atoms with E-state index in [2.05, 4.69) is 31.6 Å². The lowest BCUT2D eigenvalue weighted by Gasteiger charge is -2.12. The Balaban J connectivity index is 1.77. The topological polar surface area (TPSA) is 69.0 Å². The molecule has 3 aromatic rings. The molecule has 1 aromatic heterocycles. The molecule has 25 heavy (non-hydrogen) atoms. The second kappa shape index (κ2) is 7.48. The molecule has 7 heteroatoms. The number of amides is 1. The van der Waals surface area contributed by atoms with Crippen molar-refractivity contribution < 1.29 is 9.53 Å². The maximum Gasteiger partial charge on any atom is 0.277 e. The van der Waals surface area contributed by atoms with Crippen molar-refractivity contribution in [2.45, 2.75) is 13.5 Å². The molecule has 1 heterocycles. The van der Waals surface area contributed by atoms with Gasteiger partial charge in [-0.05, 0) is 30.2 Å². The number of benzene rings is 2. The SMILES string of the molecule is COc1cc(Br)cc(C)c1NC(=O)c1cn(Cc2ccccc2)nn1. The van der Waals surface area contributed by atoms with E-state index in [0.717, 1.165) is 15.6 Å². The fraction of sp³-hybridized carbons (Fsp3) is 0.167. The van der Waals surface area contributed by atoms with Crippen LogP contribution in [-0.4, -0.2) is 28.0 Å². The molecule has 3 rings (SSSR count). The normalized spacial score (nSPS) is 10.5. The van der Waals surface area contributed by atoms with Gasteiger partial charge in [0.05, 0.1) is 25.5 Å². The van der Waals surface area contributed by atoms with Crippen LogP contribution >= 0.6 is 15.9 Å². The molecule has 0 spiro atoms. The Morgan fingerprint density at radius 2 is 2.04 bits per heavy atom. The highest BCUT2D eigenvalue weighted by molar-refractivity contribution is 9.10. The lowest BCUT2D eigenvalue weighted by atomic mass is 10.2. The van der Waals surface area contributed by atoms with Gasteiger partial charge in [-0.25, -0.2) is 4.68 Å². The van der Waals surface area contributed by atoms with Crippen molar-refractivity contribution in [2.24, 2.45) is 0 Å². The third-order valence-corrected chi connectivity index (χ3v) is 4.14. The Morgan fingerprint density at radius 3 is 2.76 bits per heavy atom. The van der Waals surface area contributed by atoms with E-state index in [9.17, 15) is 4.79 Å². The third kappa shape index (κ3) is 4.06. The van der Waals surface area contributed by atoms with E-state index in [1.165, 1.54) is 0 Å². The zero-order chi connectivity index (χ0) is 17.8. The van der Waals surface area contributed by atoms with Gasteiger partial charge in [-0.3, -0.25) is 4.79 Å². The van der Waals surface area contributed by atoms with Crippen LogP contribution in [0, 0.1) is 6.92 Å². The fourth-order valence-electron chi connectivity index (χ4n) is 2.46. The largest absolute Gasteiger partial charge is 0.495 e. The molecule has 1 N–H and O–H groups in total. The summed E-state index contributed by atoms with van der Waals surface area (Å²) in [6, 6.07) is 13.6. The van der Waals surface area contributed by atoms with Crippen molar-refractivity contribution in [3.05, 3.63) is 70.0 Å². The van der Waals surface area contributed by atoms with Gasteiger partial charge in [0.25, 0.3) is 5.91 Å². The molecule has 0 fully saturated rings. The van der Waals surface area contributed by atoms with Crippen LogP contribution < -0.4 is 10.1 Å². The highest BCUT2D eigenvalue weighted by Gasteiger charge is 2.16. The van der Waals surface area contributed by atoms with Crippen LogP contribution in [0.1, 0.15) is 21.6 Å². The Morgan fingerprint density at radius 1 is 1.28 bits per heavy atom. The first-order valence-corrected chi connectivity index (χ1v) is 8.45. The monoisotopic (exact) mass is 400 g/mol. The predicted octanol–water partition coefficient (Wildman–Crippen LogP) is 3.66. The molecule has 2 aromatic carbocycles. The Labute approximate surface area is 153 Å². The molecule has 0 unspecified atom stereocenters. The van der Waals surface area contributed by atoms with Crippen LogP contribution in [0.5, 0.6) is 5.75 Å². The molecule has 0 aliphatic heterocycles. The lowest BCUT2D eigenvalue weighted by molar-refractivity contribution is 0.102. The Kier molecular flexibility index (Phi) is 5.14. The van der Waals surface area contributed by atoms with Gasteiger partial charge in [0.2, 0.25) is 0 Å². The number of halogens is 1. The van der Waals surface area contributed by atoms with Crippen LogP contribution in [0.4, 0.5) is 5.69 Å². The standard InChI is InChI=1S/C18H17BrN4O2/c1-12-8-14(19)9-16(25-2)17(12)20-18(24)15-11-23(22-21-15)10-13-6-4-3-5-7-13/h3-9,11H,10H2,1-2H3,(H,20,24). The van der Waals surface area contributed by atoms with Gasteiger partial charge in [-0.15, -0.1) is 5.10 Å². The summed E-state index contributed by atoms with van der Waals surface area (Å²) >= 11 is 3.42. The Bertz CT molecular complexity index is 893. The van der Waals surface area contributed by atoms with Crippen molar-refractivity contribution in [3.8, 4) is 5.75 Å². The summed E-state index contributed by atoms with van der Waals surface area (Å²) in [5.74, 6) is 0.250. The highest BCUT2D eigenvalue weighted by Crippen LogP contribution is 2.32. The molecule has 0 saturated carbocycles. The van der Waals surface area contributed by atoms with Crippen LogP contribution in [-0.2, 0) is 6.54 Å². The summed E-state index contributed by atoms with van der Waals surface area (Å²) < 4.78 is 7.86. The first-order valence-electron chi connectivity index (χ1n) is 7.66. The quantitative estimate of drug-likeness (QED) is 0.709. The molecule has 0 aliphatic carbocycles. The summed E-state index contributed by atoms with van der Waals surface area (Å²) in [6.07, 6.45) is 1.63. The number of methoxy groups -OCH3 is 1. The number of rotatable bonds is 5. The summed E-state index contributed by atoms with van der Waals surface area (Å²) in [5.41, 5.74) is 2.84. The zero-order valence-corrected chi connectivity index (χ0v) is 15.4. The molecular weight excluding hydrogens is 384 g/mol. The fourth-order valence-corrected chi connectivity index (χ4v) is 3.01. The van der Waals surface area contributed by atoms with Crippen LogP contribution in [0.25, 0.3) is 0 Å². The minimum Gasteiger partial charge on any atom is -0.495 e. The second-order valence-corrected chi connectivity index (χ2v) is 6.46. The summed E-state index contributed by atoms with van der Waals surface area (Å²) in [7, 11) is 1.56. The molecule has 1 amide bonds. The van der Waals surface area contributed by atoms with E-state index in [1.807, 2.05) is 43.3 Å². The number of ether oxygens (including phenoxy) is 1. The molecule has 0 saturated heterocycles. The number of anilines is 1. The third-order valence-electron chi connectivity index (χ3n) is 3.68. The van der Waals surface area contributed by atoms with Gasteiger partial charge in [0, 0.05) is 4.47 Å². The van der Waals surface area contributed by atoms with Gasteiger partial charge < -0.3 is 10.1 Å². The van der Waals surface area contributed by atoms with Crippen LogP contribution in [0.3, 0.4) is 0 Å². The first kappa shape index (κ1) is 17.2. The lowest BCUT2D eigenvalue weighted by Crippen LogP contribution is -2.14. The van der Waals surface area contributed by atoms with Gasteiger partial charge in [0.1, 0.15) is 5.75 Å². The van der Waals surface area contributed by atoms with E-state index < -0.39 is 0 Å². The summed E-state index contributed by atoms with van der Waals surface area (Å²) in [5, 5.41) is 10.8. The maximum atomic E-state index is 12.5. The van der Waals surface area contributed by atoms with Gasteiger partial charge in [0.15, 0.2) is 5.69 Å². The average molecular weight is 401 g/mol. The molecular formula is C18H17BrN4O2. The van der Waals surface area contributed by atoms with E-state index >= 15 is 0 Å². The number of carbonyl (C=O) groups is 1. The molecule has 6 nitrogen and oxygen atoms in total. The first-order chi connectivity index (χ1) is 12.1. The zero-order valence-electron chi connectivity index (χ0n) is 13.9. The maximum absolute atomic E-state index is 12.5. The van der Waals surface area contributed by atoms with Crippen molar-refractivity contribution >= 4 is 27.5 Å². The number of hydrogen-bond acceptors (Lipinski definition) is 4. The number of carbonyl (C=O) groups excluding carboxylic acids is 1. The molecule has 0 aliphatic rings. The van der Waals surface area contributed by atoms with E-state index in [1.54, 1.807) is 24.1 Å². The molecule has 0 radical (unpaired) electrons. The number of aryl methyl sites for hydroxylation is 1. The van der Waals surface area contributed by atoms with E-state index in [4.69, 9.17) is 4.74 Å². The molecule has 128 valence electrons. The van der Waals surface area contributed by atoms with Crippen molar-refractivity contribution in [1.29, 1.82) is 0 Å². The van der Waals surface area contributed by atoms with Crippen molar-refractivity contribution in [2.75, 3.05) is 12.4 Å². The van der Waals surface area contributed by atoms with Crippen molar-refractivity contribution in [3.63, 3.8) is 0 Å². The number of aromatic nitrogens is 3. The van der Waals surface area contributed by atoms with Crippen LogP contribution in [0.15, 0.2) is 53.1 Å². The van der Waals surface area contributed by atoms with Gasteiger partial charge in [-0.2, -0.15) is 0 Å². The minimum absolute atomic E-state index is 0.250. The number of nitrogens with one attached hydrogen (secondary N) is 1. The highest BCUT2D eigenvalue weighted by atomic mass is 79.9. The van der Waals surface area contributed by atoms with Gasteiger partial charge in [-0.1, -0.05) is 51.5 Å². The predicted molar refractivity (Wildman–Crippen MR) is 99.0 cm³/mol. The summed E-state index contributed by atoms with van der Waals surface area (Å²) in [4.78, 5) is 12.5. The number of hydrogen-bond donors (Lipinski definition) is 1.